The van der Waals surface area contributed by atoms with Gasteiger partial charge in [0.05, 0.1) is 34.8 Å². The zero-order chi connectivity index (χ0) is 25.6. The first kappa shape index (κ1) is 24.9. The summed E-state index contributed by atoms with van der Waals surface area (Å²) in [6.07, 6.45) is 2.08. The fourth-order valence-corrected chi connectivity index (χ4v) is 5.87. The molecule has 2 amide bonds. The van der Waals surface area contributed by atoms with Gasteiger partial charge in [-0.3, -0.25) is 19.2 Å². The Labute approximate surface area is 214 Å². The van der Waals surface area contributed by atoms with Crippen molar-refractivity contribution in [2.24, 2.45) is 5.73 Å². The van der Waals surface area contributed by atoms with E-state index in [0.29, 0.717) is 27.8 Å². The number of rotatable bonds is 4. The van der Waals surface area contributed by atoms with Crippen molar-refractivity contribution in [3.05, 3.63) is 69.2 Å². The van der Waals surface area contributed by atoms with Crippen molar-refractivity contribution in [3.63, 3.8) is 0 Å². The van der Waals surface area contributed by atoms with Crippen LogP contribution in [-0.2, 0) is 17.5 Å². The monoisotopic (exact) mass is 534 g/mol. The van der Waals surface area contributed by atoms with E-state index in [4.69, 9.17) is 17.3 Å². The van der Waals surface area contributed by atoms with Gasteiger partial charge in [0.25, 0.3) is 11.1 Å². The molecule has 1 saturated heterocycles. The van der Waals surface area contributed by atoms with Crippen LogP contribution in [0.5, 0.6) is 0 Å². The number of amides is 2. The van der Waals surface area contributed by atoms with Crippen molar-refractivity contribution in [2.75, 3.05) is 0 Å². The van der Waals surface area contributed by atoms with Crippen LogP contribution >= 0.6 is 23.4 Å². The smallest absolute Gasteiger partial charge is 0.326 e. The molecule has 5 rings (SSSR count). The molecule has 1 aliphatic carbocycles. The van der Waals surface area contributed by atoms with Crippen LogP contribution in [0.1, 0.15) is 42.4 Å². The van der Waals surface area contributed by atoms with E-state index in [0.717, 1.165) is 37.1 Å². The summed E-state index contributed by atoms with van der Waals surface area (Å²) in [7, 11) is 0. The molecule has 2 aromatic carbocycles. The molecule has 0 radical (unpaired) electrons. The van der Waals surface area contributed by atoms with Crippen molar-refractivity contribution in [2.45, 2.75) is 50.5 Å². The van der Waals surface area contributed by atoms with Gasteiger partial charge < -0.3 is 5.73 Å². The average molecular weight is 535 g/mol. The van der Waals surface area contributed by atoms with Gasteiger partial charge in [-0.05, 0) is 66.1 Å². The third-order valence-corrected chi connectivity index (χ3v) is 7.72. The van der Waals surface area contributed by atoms with Gasteiger partial charge in [0.2, 0.25) is 0 Å². The fraction of sp³-hybridized carbons (Fsp3) is 0.320. The highest BCUT2D eigenvalue weighted by molar-refractivity contribution is 8.18. The van der Waals surface area contributed by atoms with E-state index in [-0.39, 0.29) is 40.4 Å². The minimum absolute atomic E-state index is 0.0101. The second-order valence-corrected chi connectivity index (χ2v) is 10.4. The summed E-state index contributed by atoms with van der Waals surface area (Å²) in [5.41, 5.74) is 6.76. The first-order valence-electron chi connectivity index (χ1n) is 11.5. The van der Waals surface area contributed by atoms with Crippen LogP contribution in [0, 0.1) is 0 Å². The van der Waals surface area contributed by atoms with Crippen molar-refractivity contribution < 1.29 is 22.8 Å². The van der Waals surface area contributed by atoms with Crippen LogP contribution in [0.3, 0.4) is 0 Å². The number of fused-ring (bicyclic) bond motifs is 1. The third kappa shape index (κ3) is 4.77. The number of thioether (sulfide) groups is 1. The van der Waals surface area contributed by atoms with Crippen LogP contribution in [0.2, 0.25) is 5.02 Å². The molecule has 3 aromatic rings. The van der Waals surface area contributed by atoms with Gasteiger partial charge in [0.15, 0.2) is 0 Å². The fourth-order valence-electron chi connectivity index (χ4n) is 4.81. The van der Waals surface area contributed by atoms with Crippen LogP contribution < -0.4 is 5.73 Å². The van der Waals surface area contributed by atoms with Crippen LogP contribution in [0.15, 0.2) is 47.5 Å². The highest BCUT2D eigenvalue weighted by atomic mass is 35.5. The van der Waals surface area contributed by atoms with Gasteiger partial charge in [0.1, 0.15) is 0 Å². The Morgan fingerprint density at radius 1 is 1.14 bits per heavy atom. The standard InChI is InChI=1S/C25H22ClF3N4O2S/c26-17-7-6-15(18(11-17)25(27,28)29)13-32-20-8-5-14(9-16(20)12-31-32)10-22-23(34)33(24(35)36-22)21-4-2-1-3-19(21)30/h5-12,19,21H,1-4,13,30H2. The number of hydrogen-bond acceptors (Lipinski definition) is 5. The summed E-state index contributed by atoms with van der Waals surface area (Å²) >= 11 is 6.68. The lowest BCUT2D eigenvalue weighted by atomic mass is 9.90. The Bertz CT molecular complexity index is 1390. The molecular formula is C25H22ClF3N4O2S. The molecule has 2 fully saturated rings. The SMILES string of the molecule is NC1CCCCC1N1C(=O)SC(=Cc2ccc3c(cnn3Cc3ccc(Cl)cc3C(F)(F)F)c2)C1=O. The Morgan fingerprint density at radius 3 is 2.67 bits per heavy atom. The van der Waals surface area contributed by atoms with E-state index in [1.165, 1.54) is 21.7 Å². The Kier molecular flexibility index (Phi) is 6.61. The van der Waals surface area contributed by atoms with Crippen LogP contribution in [-0.4, -0.2) is 37.9 Å². The van der Waals surface area contributed by atoms with E-state index in [2.05, 4.69) is 5.10 Å². The van der Waals surface area contributed by atoms with E-state index >= 15 is 0 Å². The molecule has 1 aromatic heterocycles. The van der Waals surface area contributed by atoms with E-state index in [1.54, 1.807) is 30.5 Å². The molecule has 2 heterocycles. The van der Waals surface area contributed by atoms with Gasteiger partial charge in [-0.1, -0.05) is 36.6 Å². The number of benzene rings is 2. The molecule has 0 bridgehead atoms. The molecule has 2 atom stereocenters. The second kappa shape index (κ2) is 9.57. The zero-order valence-electron chi connectivity index (χ0n) is 19.0. The summed E-state index contributed by atoms with van der Waals surface area (Å²) in [5.74, 6) is -0.342. The first-order chi connectivity index (χ1) is 17.1. The van der Waals surface area contributed by atoms with Crippen molar-refractivity contribution in [3.8, 4) is 0 Å². The summed E-state index contributed by atoms with van der Waals surface area (Å²) in [6, 6.07) is 8.44. The first-order valence-corrected chi connectivity index (χ1v) is 12.6. The predicted molar refractivity (Wildman–Crippen MR) is 133 cm³/mol. The molecule has 0 spiro atoms. The predicted octanol–water partition coefficient (Wildman–Crippen LogP) is 6.06. The summed E-state index contributed by atoms with van der Waals surface area (Å²) in [6.45, 7) is -0.0879. The van der Waals surface area contributed by atoms with Gasteiger partial charge in [-0.25, -0.2) is 0 Å². The number of halogens is 4. The van der Waals surface area contributed by atoms with E-state index in [1.807, 2.05) is 0 Å². The minimum Gasteiger partial charge on any atom is -0.326 e. The highest BCUT2D eigenvalue weighted by Gasteiger charge is 2.42. The summed E-state index contributed by atoms with van der Waals surface area (Å²) in [4.78, 5) is 27.2. The molecule has 1 aliphatic heterocycles. The summed E-state index contributed by atoms with van der Waals surface area (Å²) < 4.78 is 41.9. The summed E-state index contributed by atoms with van der Waals surface area (Å²) in [5, 5.41) is 4.66. The Balaban J connectivity index is 1.40. The Hall–Kier alpha value is -2.82. The lowest BCUT2D eigenvalue weighted by molar-refractivity contribution is -0.138. The maximum absolute atomic E-state index is 13.5. The lowest BCUT2D eigenvalue weighted by Crippen LogP contribution is -2.51. The molecule has 11 heteroatoms. The third-order valence-electron chi connectivity index (χ3n) is 6.60. The number of nitrogens with zero attached hydrogens (tertiary/aromatic N) is 3. The number of aromatic nitrogens is 2. The second-order valence-electron chi connectivity index (χ2n) is 8.99. The molecule has 36 heavy (non-hydrogen) atoms. The van der Waals surface area contributed by atoms with E-state index in [9.17, 15) is 22.8 Å². The van der Waals surface area contributed by atoms with Gasteiger partial charge in [0, 0.05) is 16.5 Å². The average Bonchev–Trinajstić information content (AvgIpc) is 3.34. The quantitative estimate of drug-likeness (QED) is 0.411. The number of imide groups is 1. The molecule has 2 aliphatic rings. The van der Waals surface area contributed by atoms with Crippen molar-refractivity contribution in [1.82, 2.24) is 14.7 Å². The molecular weight excluding hydrogens is 513 g/mol. The number of carbonyl (C=O) groups is 2. The van der Waals surface area contributed by atoms with Crippen molar-refractivity contribution >= 4 is 51.5 Å². The van der Waals surface area contributed by atoms with Gasteiger partial charge >= 0.3 is 6.18 Å². The molecule has 188 valence electrons. The normalized spacial score (nSPS) is 22.2. The molecule has 1 saturated carbocycles. The Morgan fingerprint density at radius 2 is 1.92 bits per heavy atom. The van der Waals surface area contributed by atoms with Crippen molar-refractivity contribution in [1.29, 1.82) is 0 Å². The highest BCUT2D eigenvalue weighted by Crippen LogP contribution is 2.37. The lowest BCUT2D eigenvalue weighted by Gasteiger charge is -2.33. The van der Waals surface area contributed by atoms with Gasteiger partial charge in [-0.2, -0.15) is 18.3 Å². The van der Waals surface area contributed by atoms with Crippen LogP contribution in [0.4, 0.5) is 18.0 Å². The number of carbonyl (C=O) groups excluding carboxylic acids is 2. The molecule has 2 N–H and O–H groups in total. The number of alkyl halides is 3. The molecule has 6 nitrogen and oxygen atoms in total. The topological polar surface area (TPSA) is 81.2 Å². The molecule has 2 unspecified atom stereocenters. The number of hydrogen-bond donors (Lipinski definition) is 1. The maximum Gasteiger partial charge on any atom is 0.416 e. The zero-order valence-corrected chi connectivity index (χ0v) is 20.5. The maximum atomic E-state index is 13.5. The van der Waals surface area contributed by atoms with E-state index < -0.39 is 11.7 Å². The largest absolute Gasteiger partial charge is 0.416 e. The van der Waals surface area contributed by atoms with Crippen LogP contribution in [0.25, 0.3) is 17.0 Å². The minimum atomic E-state index is -4.54. The van der Waals surface area contributed by atoms with Gasteiger partial charge in [-0.15, -0.1) is 0 Å². The number of nitrogens with two attached hydrogens (primary N) is 1.